The molecule has 22 heavy (non-hydrogen) atoms. The smallest absolute Gasteiger partial charge is 0.0576 e. The summed E-state index contributed by atoms with van der Waals surface area (Å²) in [5.41, 5.74) is 7.99. The molecule has 118 valence electrons. The number of fused-ring (bicyclic) bond motifs is 2. The van der Waals surface area contributed by atoms with Crippen LogP contribution in [-0.4, -0.2) is 30.6 Å². The Hall–Kier alpha value is -1.48. The number of benzene rings is 1. The molecule has 3 aliphatic rings. The van der Waals surface area contributed by atoms with Crippen LogP contribution in [0.2, 0.25) is 0 Å². The Morgan fingerprint density at radius 1 is 1.09 bits per heavy atom. The standard InChI is InChI=1S/C19H27N3/c20-18-3-1-2-4-19(18)21-17-7-9-22(10-8-17)13-16-12-14-5-6-15(16)11-14/h1-6,14-17,21H,7-13,20H2/t14-,15+,16?/m1/s1. The number of nitrogens with one attached hydrogen (secondary N) is 1. The maximum Gasteiger partial charge on any atom is 0.0576 e. The van der Waals surface area contributed by atoms with Crippen LogP contribution in [0.25, 0.3) is 0 Å². The molecule has 3 heteroatoms. The number of nitrogens with two attached hydrogens (primary N) is 1. The van der Waals surface area contributed by atoms with Crippen LogP contribution in [0.5, 0.6) is 0 Å². The minimum Gasteiger partial charge on any atom is -0.397 e. The molecule has 2 bridgehead atoms. The molecule has 1 aromatic rings. The summed E-state index contributed by atoms with van der Waals surface area (Å²) in [7, 11) is 0. The van der Waals surface area contributed by atoms with Gasteiger partial charge in [-0.25, -0.2) is 0 Å². The number of anilines is 2. The fraction of sp³-hybridized carbons (Fsp3) is 0.579. The maximum atomic E-state index is 6.03. The van der Waals surface area contributed by atoms with E-state index in [4.69, 9.17) is 5.73 Å². The van der Waals surface area contributed by atoms with E-state index in [0.29, 0.717) is 6.04 Å². The van der Waals surface area contributed by atoms with Crippen LogP contribution in [0.15, 0.2) is 36.4 Å². The van der Waals surface area contributed by atoms with Crippen LogP contribution in [0.4, 0.5) is 11.4 Å². The molecule has 3 N–H and O–H groups in total. The number of likely N-dealkylation sites (tertiary alicyclic amines) is 1. The summed E-state index contributed by atoms with van der Waals surface area (Å²) in [5, 5.41) is 3.63. The molecule has 1 heterocycles. The van der Waals surface area contributed by atoms with Crippen molar-refractivity contribution in [3.63, 3.8) is 0 Å². The van der Waals surface area contributed by atoms with Gasteiger partial charge >= 0.3 is 0 Å². The molecular weight excluding hydrogens is 270 g/mol. The summed E-state index contributed by atoms with van der Waals surface area (Å²) in [6.45, 7) is 3.76. The quantitative estimate of drug-likeness (QED) is 0.661. The van der Waals surface area contributed by atoms with Crippen LogP contribution in [0.1, 0.15) is 25.7 Å². The van der Waals surface area contributed by atoms with Gasteiger partial charge in [-0.2, -0.15) is 0 Å². The highest BCUT2D eigenvalue weighted by molar-refractivity contribution is 5.65. The summed E-state index contributed by atoms with van der Waals surface area (Å²) in [6, 6.07) is 8.67. The van der Waals surface area contributed by atoms with Gasteiger partial charge in [0.1, 0.15) is 0 Å². The van der Waals surface area contributed by atoms with E-state index in [0.717, 1.165) is 29.1 Å². The predicted octanol–water partition coefficient (Wildman–Crippen LogP) is 3.36. The first kappa shape index (κ1) is 14.1. The van der Waals surface area contributed by atoms with Gasteiger partial charge in [0.05, 0.1) is 11.4 Å². The van der Waals surface area contributed by atoms with Crippen molar-refractivity contribution in [2.45, 2.75) is 31.7 Å². The van der Waals surface area contributed by atoms with Crippen molar-refractivity contribution >= 4 is 11.4 Å². The second kappa shape index (κ2) is 5.96. The number of hydrogen-bond donors (Lipinski definition) is 2. The number of nitrogens with zero attached hydrogens (tertiary/aromatic N) is 1. The fourth-order valence-electron chi connectivity index (χ4n) is 4.54. The zero-order valence-corrected chi connectivity index (χ0v) is 13.2. The van der Waals surface area contributed by atoms with Crippen molar-refractivity contribution in [1.82, 2.24) is 4.90 Å². The van der Waals surface area contributed by atoms with Crippen LogP contribution >= 0.6 is 0 Å². The Morgan fingerprint density at radius 2 is 1.91 bits per heavy atom. The Bertz CT molecular complexity index is 545. The molecule has 2 aliphatic carbocycles. The van der Waals surface area contributed by atoms with Gasteiger partial charge in [0.2, 0.25) is 0 Å². The van der Waals surface area contributed by atoms with Crippen molar-refractivity contribution < 1.29 is 0 Å². The molecule has 3 atom stereocenters. The molecule has 1 saturated heterocycles. The average Bonchev–Trinajstić information content (AvgIpc) is 3.14. The highest BCUT2D eigenvalue weighted by Gasteiger charge is 2.36. The van der Waals surface area contributed by atoms with E-state index in [9.17, 15) is 0 Å². The Morgan fingerprint density at radius 3 is 2.59 bits per heavy atom. The third-order valence-corrected chi connectivity index (χ3v) is 5.82. The normalized spacial score (nSPS) is 31.7. The van der Waals surface area contributed by atoms with E-state index in [1.807, 2.05) is 12.1 Å². The highest BCUT2D eigenvalue weighted by Crippen LogP contribution is 2.43. The molecule has 4 rings (SSSR count). The van der Waals surface area contributed by atoms with Crippen molar-refractivity contribution in [2.75, 3.05) is 30.7 Å². The molecular formula is C19H27N3. The summed E-state index contributed by atoms with van der Waals surface area (Å²) in [6.07, 6.45) is 10.2. The number of piperidine rings is 1. The van der Waals surface area contributed by atoms with E-state index in [1.54, 1.807) is 0 Å². The molecule has 3 nitrogen and oxygen atoms in total. The molecule has 1 aromatic carbocycles. The summed E-state index contributed by atoms with van der Waals surface area (Å²) < 4.78 is 0. The van der Waals surface area contributed by atoms with Gasteiger partial charge in [0.15, 0.2) is 0 Å². The summed E-state index contributed by atoms with van der Waals surface area (Å²) in [5.74, 6) is 2.70. The molecule has 0 amide bonds. The molecule has 2 fully saturated rings. The van der Waals surface area contributed by atoms with Crippen molar-refractivity contribution in [3.05, 3.63) is 36.4 Å². The molecule has 1 aliphatic heterocycles. The lowest BCUT2D eigenvalue weighted by Crippen LogP contribution is -2.41. The first-order valence-electron chi connectivity index (χ1n) is 8.79. The fourth-order valence-corrected chi connectivity index (χ4v) is 4.54. The van der Waals surface area contributed by atoms with E-state index < -0.39 is 0 Å². The molecule has 1 unspecified atom stereocenters. The van der Waals surface area contributed by atoms with Crippen LogP contribution in [0, 0.1) is 17.8 Å². The summed E-state index contributed by atoms with van der Waals surface area (Å²) >= 11 is 0. The van der Waals surface area contributed by atoms with Crippen LogP contribution < -0.4 is 11.1 Å². The van der Waals surface area contributed by atoms with Gasteiger partial charge in [-0.1, -0.05) is 24.3 Å². The van der Waals surface area contributed by atoms with Gasteiger partial charge < -0.3 is 16.0 Å². The molecule has 0 radical (unpaired) electrons. The maximum absolute atomic E-state index is 6.03. The third kappa shape index (κ3) is 2.87. The largest absolute Gasteiger partial charge is 0.397 e. The molecule has 1 saturated carbocycles. The van der Waals surface area contributed by atoms with Crippen LogP contribution in [0.3, 0.4) is 0 Å². The molecule has 0 aromatic heterocycles. The van der Waals surface area contributed by atoms with E-state index in [-0.39, 0.29) is 0 Å². The van der Waals surface area contributed by atoms with E-state index >= 15 is 0 Å². The zero-order chi connectivity index (χ0) is 14.9. The Kier molecular flexibility index (Phi) is 3.83. The van der Waals surface area contributed by atoms with Crippen LogP contribution in [-0.2, 0) is 0 Å². The van der Waals surface area contributed by atoms with Crippen molar-refractivity contribution in [2.24, 2.45) is 17.8 Å². The second-order valence-electron chi connectivity index (χ2n) is 7.35. The lowest BCUT2D eigenvalue weighted by atomic mass is 9.92. The first-order chi connectivity index (χ1) is 10.8. The number of allylic oxidation sites excluding steroid dienone is 2. The Labute approximate surface area is 133 Å². The number of rotatable bonds is 4. The van der Waals surface area contributed by atoms with E-state index in [1.165, 1.54) is 45.3 Å². The lowest BCUT2D eigenvalue weighted by molar-refractivity contribution is 0.177. The second-order valence-corrected chi connectivity index (χ2v) is 7.35. The van der Waals surface area contributed by atoms with Gasteiger partial charge in [-0.15, -0.1) is 0 Å². The van der Waals surface area contributed by atoms with Gasteiger partial charge in [-0.3, -0.25) is 0 Å². The SMILES string of the molecule is Nc1ccccc1NC1CCN(CC2C[C@@H]3C=C[C@H]2C3)CC1. The van der Waals surface area contributed by atoms with Gasteiger partial charge in [-0.05, 0) is 55.6 Å². The third-order valence-electron chi connectivity index (χ3n) is 5.82. The minimum absolute atomic E-state index is 0.570. The lowest BCUT2D eigenvalue weighted by Gasteiger charge is -2.35. The number of para-hydroxylation sites is 2. The Balaban J connectivity index is 1.26. The average molecular weight is 297 g/mol. The van der Waals surface area contributed by atoms with Gasteiger partial charge in [0, 0.05) is 25.7 Å². The first-order valence-corrected chi connectivity index (χ1v) is 8.79. The van der Waals surface area contributed by atoms with Crippen molar-refractivity contribution in [3.8, 4) is 0 Å². The number of nitrogen functional groups attached to an aromatic ring is 1. The van der Waals surface area contributed by atoms with E-state index in [2.05, 4.69) is 34.5 Å². The topological polar surface area (TPSA) is 41.3 Å². The molecule has 0 spiro atoms. The minimum atomic E-state index is 0.570. The summed E-state index contributed by atoms with van der Waals surface area (Å²) in [4.78, 5) is 2.69. The highest BCUT2D eigenvalue weighted by atomic mass is 15.1. The van der Waals surface area contributed by atoms with Gasteiger partial charge in [0.25, 0.3) is 0 Å². The zero-order valence-electron chi connectivity index (χ0n) is 13.2. The number of hydrogen-bond acceptors (Lipinski definition) is 3. The predicted molar refractivity (Wildman–Crippen MR) is 92.8 cm³/mol. The van der Waals surface area contributed by atoms with Crippen molar-refractivity contribution in [1.29, 1.82) is 0 Å². The monoisotopic (exact) mass is 297 g/mol.